The van der Waals surface area contributed by atoms with Gasteiger partial charge in [0.1, 0.15) is 6.61 Å². The molecule has 0 atom stereocenters. The fourth-order valence-electron chi connectivity index (χ4n) is 1.06. The molecule has 0 unspecified atom stereocenters. The van der Waals surface area contributed by atoms with Crippen LogP contribution in [0.4, 0.5) is 0 Å². The van der Waals surface area contributed by atoms with E-state index in [0.717, 1.165) is 5.56 Å². The van der Waals surface area contributed by atoms with E-state index in [2.05, 4.69) is 4.99 Å². The van der Waals surface area contributed by atoms with E-state index in [-0.39, 0.29) is 0 Å². The maximum absolute atomic E-state index is 5.48. The smallest absolute Gasteiger partial charge is 0.208 e. The van der Waals surface area contributed by atoms with Gasteiger partial charge in [0.05, 0.1) is 0 Å². The molecule has 0 amide bonds. The molecule has 0 aliphatic carbocycles. The summed E-state index contributed by atoms with van der Waals surface area (Å²) in [6.45, 7) is 2.51. The Morgan fingerprint density at radius 3 is 2.64 bits per heavy atom. The van der Waals surface area contributed by atoms with Crippen LogP contribution in [0.15, 0.2) is 47.5 Å². The van der Waals surface area contributed by atoms with E-state index in [1.54, 1.807) is 7.05 Å². The van der Waals surface area contributed by atoms with E-state index >= 15 is 0 Å². The van der Waals surface area contributed by atoms with Crippen LogP contribution in [0, 0.1) is 0 Å². The number of ether oxygens (including phenoxy) is 1. The molecule has 0 aliphatic rings. The van der Waals surface area contributed by atoms with Crippen LogP contribution in [0.3, 0.4) is 0 Å². The molecule has 0 saturated heterocycles. The second kappa shape index (κ2) is 5.97. The summed E-state index contributed by atoms with van der Waals surface area (Å²) >= 11 is 0. The van der Waals surface area contributed by atoms with Crippen molar-refractivity contribution < 1.29 is 4.74 Å². The zero-order valence-electron chi connectivity index (χ0n) is 8.60. The Hall–Kier alpha value is -1.57. The van der Waals surface area contributed by atoms with Crippen LogP contribution in [-0.2, 0) is 11.3 Å². The molecule has 0 aliphatic heterocycles. The first-order valence-corrected chi connectivity index (χ1v) is 4.63. The Kier molecular flexibility index (Phi) is 4.48. The van der Waals surface area contributed by atoms with E-state index in [4.69, 9.17) is 4.74 Å². The zero-order chi connectivity index (χ0) is 10.2. The Labute approximate surface area is 84.9 Å². The maximum Gasteiger partial charge on any atom is 0.208 e. The van der Waals surface area contributed by atoms with Gasteiger partial charge >= 0.3 is 0 Å². The first-order valence-electron chi connectivity index (χ1n) is 4.63. The van der Waals surface area contributed by atoms with Gasteiger partial charge in [0.15, 0.2) is 0 Å². The predicted octanol–water partition coefficient (Wildman–Crippen LogP) is 2.81. The molecule has 0 spiro atoms. The number of aliphatic imine (C=N–C) groups is 1. The summed E-state index contributed by atoms with van der Waals surface area (Å²) in [5.41, 5.74) is 1.15. The highest BCUT2D eigenvalue weighted by Crippen LogP contribution is 2.01. The monoisotopic (exact) mass is 189 g/mol. The van der Waals surface area contributed by atoms with Crippen molar-refractivity contribution in [1.29, 1.82) is 0 Å². The lowest BCUT2D eigenvalue weighted by Gasteiger charge is -2.04. The van der Waals surface area contributed by atoms with Crippen LogP contribution in [0.25, 0.3) is 0 Å². The summed E-state index contributed by atoms with van der Waals surface area (Å²) < 4.78 is 5.48. The predicted molar refractivity (Wildman–Crippen MR) is 59.4 cm³/mol. The highest BCUT2D eigenvalue weighted by molar-refractivity contribution is 5.87. The van der Waals surface area contributed by atoms with Gasteiger partial charge in [-0.3, -0.25) is 4.99 Å². The van der Waals surface area contributed by atoms with Crippen LogP contribution in [0.5, 0.6) is 0 Å². The molecule has 0 N–H and O–H groups in total. The molecule has 0 radical (unpaired) electrons. The first-order chi connectivity index (χ1) is 6.86. The molecule has 74 valence electrons. The van der Waals surface area contributed by atoms with Crippen LogP contribution in [0.2, 0.25) is 0 Å². The lowest BCUT2D eigenvalue weighted by molar-refractivity contribution is 0.295. The van der Waals surface area contributed by atoms with Crippen LogP contribution < -0.4 is 0 Å². The van der Waals surface area contributed by atoms with Crippen LogP contribution >= 0.6 is 0 Å². The lowest BCUT2D eigenvalue weighted by atomic mass is 10.2. The highest BCUT2D eigenvalue weighted by Gasteiger charge is 1.94. The van der Waals surface area contributed by atoms with Crippen molar-refractivity contribution in [1.82, 2.24) is 0 Å². The van der Waals surface area contributed by atoms with Crippen molar-refractivity contribution in [3.8, 4) is 0 Å². The molecule has 0 aromatic heterocycles. The summed E-state index contributed by atoms with van der Waals surface area (Å²) in [4.78, 5) is 4.00. The molecule has 0 heterocycles. The number of hydrogen-bond acceptors (Lipinski definition) is 2. The SMILES string of the molecule is CC=CC(=NC)OCc1ccccc1. The first kappa shape index (κ1) is 10.5. The fourth-order valence-corrected chi connectivity index (χ4v) is 1.06. The number of allylic oxidation sites excluding steroid dienone is 1. The molecule has 0 bridgehead atoms. The highest BCUT2D eigenvalue weighted by atomic mass is 16.5. The average molecular weight is 189 g/mol. The van der Waals surface area contributed by atoms with E-state index in [1.807, 2.05) is 49.4 Å². The van der Waals surface area contributed by atoms with E-state index in [9.17, 15) is 0 Å². The fraction of sp³-hybridized carbons (Fsp3) is 0.250. The van der Waals surface area contributed by atoms with Gasteiger partial charge in [0.2, 0.25) is 5.90 Å². The minimum absolute atomic E-state index is 0.567. The van der Waals surface area contributed by atoms with Crippen molar-refractivity contribution in [3.63, 3.8) is 0 Å². The van der Waals surface area contributed by atoms with Crippen molar-refractivity contribution >= 4 is 5.90 Å². The van der Waals surface area contributed by atoms with Crippen molar-refractivity contribution in [3.05, 3.63) is 48.0 Å². The lowest BCUT2D eigenvalue weighted by Crippen LogP contribution is -2.01. The molecular weight excluding hydrogens is 174 g/mol. The van der Waals surface area contributed by atoms with Crippen LogP contribution in [-0.4, -0.2) is 12.9 Å². The quantitative estimate of drug-likeness (QED) is 0.529. The summed E-state index contributed by atoms with van der Waals surface area (Å²) in [6.07, 6.45) is 3.76. The van der Waals surface area contributed by atoms with Crippen molar-refractivity contribution in [2.45, 2.75) is 13.5 Å². The molecule has 1 aromatic carbocycles. The molecule has 2 heteroatoms. The number of rotatable bonds is 3. The second-order valence-corrected chi connectivity index (χ2v) is 2.84. The Morgan fingerprint density at radius 2 is 2.07 bits per heavy atom. The third-order valence-corrected chi connectivity index (χ3v) is 1.76. The Bertz CT molecular complexity index is 314. The normalized spacial score (nSPS) is 12.0. The largest absolute Gasteiger partial charge is 0.473 e. The summed E-state index contributed by atoms with van der Waals surface area (Å²) in [6, 6.07) is 10.0. The molecular formula is C12H15NO. The van der Waals surface area contributed by atoms with Gasteiger partial charge in [-0.05, 0) is 18.6 Å². The summed E-state index contributed by atoms with van der Waals surface area (Å²) in [7, 11) is 1.72. The second-order valence-electron chi connectivity index (χ2n) is 2.84. The molecule has 1 rings (SSSR count). The van der Waals surface area contributed by atoms with E-state index < -0.39 is 0 Å². The van der Waals surface area contributed by atoms with E-state index in [0.29, 0.717) is 12.5 Å². The van der Waals surface area contributed by atoms with Crippen LogP contribution in [0.1, 0.15) is 12.5 Å². The molecule has 0 saturated carbocycles. The van der Waals surface area contributed by atoms with Gasteiger partial charge in [0, 0.05) is 7.05 Å². The van der Waals surface area contributed by atoms with Gasteiger partial charge in [0.25, 0.3) is 0 Å². The maximum atomic E-state index is 5.48. The van der Waals surface area contributed by atoms with Gasteiger partial charge < -0.3 is 4.74 Å². The average Bonchev–Trinajstić information content (AvgIpc) is 2.25. The zero-order valence-corrected chi connectivity index (χ0v) is 8.60. The number of hydrogen-bond donors (Lipinski definition) is 0. The minimum Gasteiger partial charge on any atom is -0.473 e. The van der Waals surface area contributed by atoms with Gasteiger partial charge in [-0.25, -0.2) is 0 Å². The molecule has 2 nitrogen and oxygen atoms in total. The Morgan fingerprint density at radius 1 is 1.36 bits per heavy atom. The molecule has 14 heavy (non-hydrogen) atoms. The van der Waals surface area contributed by atoms with Gasteiger partial charge in [-0.2, -0.15) is 0 Å². The number of nitrogens with zero attached hydrogens (tertiary/aromatic N) is 1. The minimum atomic E-state index is 0.567. The van der Waals surface area contributed by atoms with E-state index in [1.165, 1.54) is 0 Å². The third-order valence-electron chi connectivity index (χ3n) is 1.76. The van der Waals surface area contributed by atoms with Crippen molar-refractivity contribution in [2.75, 3.05) is 7.05 Å². The van der Waals surface area contributed by atoms with Gasteiger partial charge in [-0.1, -0.05) is 36.4 Å². The van der Waals surface area contributed by atoms with Gasteiger partial charge in [-0.15, -0.1) is 0 Å². The third kappa shape index (κ3) is 3.44. The molecule has 0 fully saturated rings. The standard InChI is InChI=1S/C12H15NO/c1-3-7-12(13-2)14-10-11-8-5-4-6-9-11/h3-9H,10H2,1-2H3. The summed E-state index contributed by atoms with van der Waals surface area (Å²) in [5, 5.41) is 0. The Balaban J connectivity index is 2.48. The topological polar surface area (TPSA) is 21.6 Å². The number of benzene rings is 1. The summed E-state index contributed by atoms with van der Waals surface area (Å²) in [5.74, 6) is 0.663. The van der Waals surface area contributed by atoms with Crippen molar-refractivity contribution in [2.24, 2.45) is 4.99 Å². The molecule has 1 aromatic rings.